The minimum atomic E-state index is 0.371. The molecule has 0 radical (unpaired) electrons. The highest BCUT2D eigenvalue weighted by atomic mass is 79.9. The zero-order chi connectivity index (χ0) is 8.74. The van der Waals surface area contributed by atoms with Crippen LogP contribution in [-0.4, -0.2) is 18.5 Å². The molecule has 0 fully saturated rings. The van der Waals surface area contributed by atoms with Gasteiger partial charge in [0.05, 0.1) is 6.61 Å². The predicted octanol–water partition coefficient (Wildman–Crippen LogP) is 3.22. The number of hydrogen-bond acceptors (Lipinski definition) is 1. The van der Waals surface area contributed by atoms with Crippen molar-refractivity contribution in [3.8, 4) is 0 Å². The van der Waals surface area contributed by atoms with Gasteiger partial charge in [-0.25, -0.2) is 0 Å². The van der Waals surface area contributed by atoms with Gasteiger partial charge in [-0.1, -0.05) is 29.8 Å². The number of rotatable bonds is 6. The molecule has 0 aromatic rings. The van der Waals surface area contributed by atoms with Crippen LogP contribution in [-0.2, 0) is 4.74 Å². The molecule has 68 valence electrons. The second kappa shape index (κ2) is 6.01. The molecule has 0 bridgehead atoms. The summed E-state index contributed by atoms with van der Waals surface area (Å²) in [6, 6.07) is 0. The fraction of sp³-hybridized carbons (Fsp3) is 1.00. The van der Waals surface area contributed by atoms with Crippen LogP contribution in [0, 0.1) is 5.41 Å². The Morgan fingerprint density at radius 2 is 1.73 bits per heavy atom. The highest BCUT2D eigenvalue weighted by Crippen LogP contribution is 2.28. The molecular formula is C9H19BrO. The van der Waals surface area contributed by atoms with Crippen LogP contribution in [0.3, 0.4) is 0 Å². The molecule has 0 unspecified atom stereocenters. The van der Waals surface area contributed by atoms with Gasteiger partial charge in [0.2, 0.25) is 0 Å². The van der Waals surface area contributed by atoms with E-state index in [1.54, 1.807) is 0 Å². The standard InChI is InChI=1S/C9H19BrO/c1-4-9(5-2,7-10)8-11-6-3/h4-8H2,1-3H3. The minimum Gasteiger partial charge on any atom is -0.381 e. The van der Waals surface area contributed by atoms with Crippen LogP contribution in [0.1, 0.15) is 33.6 Å². The first-order chi connectivity index (χ1) is 5.24. The third kappa shape index (κ3) is 3.57. The Morgan fingerprint density at radius 1 is 1.18 bits per heavy atom. The molecular weight excluding hydrogens is 204 g/mol. The zero-order valence-corrected chi connectivity index (χ0v) is 9.41. The third-order valence-electron chi connectivity index (χ3n) is 2.40. The average molecular weight is 223 g/mol. The number of hydrogen-bond donors (Lipinski definition) is 0. The zero-order valence-electron chi connectivity index (χ0n) is 7.82. The SMILES string of the molecule is CCOCC(CC)(CC)CBr. The molecule has 0 aromatic heterocycles. The van der Waals surface area contributed by atoms with Crippen LogP contribution in [0.4, 0.5) is 0 Å². The average Bonchev–Trinajstić information content (AvgIpc) is 2.08. The van der Waals surface area contributed by atoms with Crippen LogP contribution in [0.2, 0.25) is 0 Å². The summed E-state index contributed by atoms with van der Waals surface area (Å²) in [5, 5.41) is 1.05. The van der Waals surface area contributed by atoms with Gasteiger partial charge in [-0.15, -0.1) is 0 Å². The molecule has 0 saturated heterocycles. The lowest BCUT2D eigenvalue weighted by molar-refractivity contribution is 0.0595. The quantitative estimate of drug-likeness (QED) is 0.628. The van der Waals surface area contributed by atoms with Crippen molar-refractivity contribution in [2.75, 3.05) is 18.5 Å². The van der Waals surface area contributed by atoms with Gasteiger partial charge in [-0.2, -0.15) is 0 Å². The molecule has 0 rings (SSSR count). The van der Waals surface area contributed by atoms with Gasteiger partial charge < -0.3 is 4.74 Å². The fourth-order valence-corrected chi connectivity index (χ4v) is 1.96. The van der Waals surface area contributed by atoms with Gasteiger partial charge in [0.15, 0.2) is 0 Å². The molecule has 1 nitrogen and oxygen atoms in total. The van der Waals surface area contributed by atoms with Gasteiger partial charge in [0, 0.05) is 17.4 Å². The number of ether oxygens (including phenoxy) is 1. The van der Waals surface area contributed by atoms with E-state index < -0.39 is 0 Å². The molecule has 0 aromatic carbocycles. The van der Waals surface area contributed by atoms with E-state index in [0.717, 1.165) is 18.5 Å². The Bertz CT molecular complexity index is 81.3. The molecule has 2 heteroatoms. The van der Waals surface area contributed by atoms with Crippen molar-refractivity contribution in [2.24, 2.45) is 5.41 Å². The Balaban J connectivity index is 3.84. The number of alkyl halides is 1. The summed E-state index contributed by atoms with van der Waals surface area (Å²) in [6.45, 7) is 8.22. The first-order valence-electron chi connectivity index (χ1n) is 4.38. The van der Waals surface area contributed by atoms with Crippen molar-refractivity contribution >= 4 is 15.9 Å². The van der Waals surface area contributed by atoms with E-state index in [2.05, 4.69) is 29.8 Å². The van der Waals surface area contributed by atoms with E-state index >= 15 is 0 Å². The lowest BCUT2D eigenvalue weighted by atomic mass is 9.86. The van der Waals surface area contributed by atoms with E-state index in [4.69, 9.17) is 4.74 Å². The predicted molar refractivity (Wildman–Crippen MR) is 53.3 cm³/mol. The Labute approximate surface area is 78.6 Å². The maximum atomic E-state index is 5.44. The molecule has 0 aliphatic carbocycles. The summed E-state index contributed by atoms with van der Waals surface area (Å²) >= 11 is 3.54. The normalized spacial score (nSPS) is 12.0. The van der Waals surface area contributed by atoms with Gasteiger partial charge in [0.25, 0.3) is 0 Å². The van der Waals surface area contributed by atoms with Crippen LogP contribution in [0.5, 0.6) is 0 Å². The molecule has 0 amide bonds. The maximum absolute atomic E-state index is 5.44. The maximum Gasteiger partial charge on any atom is 0.0530 e. The first-order valence-corrected chi connectivity index (χ1v) is 5.50. The van der Waals surface area contributed by atoms with E-state index in [-0.39, 0.29) is 0 Å². The van der Waals surface area contributed by atoms with Crippen LogP contribution in [0.25, 0.3) is 0 Å². The van der Waals surface area contributed by atoms with Crippen molar-refractivity contribution in [1.82, 2.24) is 0 Å². The van der Waals surface area contributed by atoms with Crippen LogP contribution >= 0.6 is 15.9 Å². The van der Waals surface area contributed by atoms with E-state index in [1.807, 2.05) is 6.92 Å². The van der Waals surface area contributed by atoms with Crippen molar-refractivity contribution in [1.29, 1.82) is 0 Å². The topological polar surface area (TPSA) is 9.23 Å². The molecule has 0 heterocycles. The fourth-order valence-electron chi connectivity index (χ4n) is 1.00. The van der Waals surface area contributed by atoms with Gasteiger partial charge in [0.1, 0.15) is 0 Å². The van der Waals surface area contributed by atoms with Gasteiger partial charge in [-0.05, 0) is 19.8 Å². The Hall–Kier alpha value is 0.440. The highest BCUT2D eigenvalue weighted by molar-refractivity contribution is 9.09. The second-order valence-electron chi connectivity index (χ2n) is 2.98. The molecule has 0 N–H and O–H groups in total. The van der Waals surface area contributed by atoms with Crippen molar-refractivity contribution in [2.45, 2.75) is 33.6 Å². The second-order valence-corrected chi connectivity index (χ2v) is 3.54. The third-order valence-corrected chi connectivity index (χ3v) is 3.59. The number of halogens is 1. The summed E-state index contributed by atoms with van der Waals surface area (Å²) in [5.41, 5.74) is 0.371. The van der Waals surface area contributed by atoms with Gasteiger partial charge in [-0.3, -0.25) is 0 Å². The molecule has 0 aliphatic rings. The highest BCUT2D eigenvalue weighted by Gasteiger charge is 2.24. The molecule has 0 atom stereocenters. The van der Waals surface area contributed by atoms with E-state index in [0.29, 0.717) is 5.41 Å². The minimum absolute atomic E-state index is 0.371. The first kappa shape index (κ1) is 11.4. The summed E-state index contributed by atoms with van der Waals surface area (Å²) in [7, 11) is 0. The van der Waals surface area contributed by atoms with Crippen molar-refractivity contribution < 1.29 is 4.74 Å². The van der Waals surface area contributed by atoms with Crippen LogP contribution in [0.15, 0.2) is 0 Å². The molecule has 11 heavy (non-hydrogen) atoms. The molecule has 0 saturated carbocycles. The lowest BCUT2D eigenvalue weighted by Crippen LogP contribution is -2.27. The van der Waals surface area contributed by atoms with Gasteiger partial charge >= 0.3 is 0 Å². The Morgan fingerprint density at radius 3 is 2.00 bits per heavy atom. The summed E-state index contributed by atoms with van der Waals surface area (Å²) in [6.07, 6.45) is 2.38. The van der Waals surface area contributed by atoms with E-state index in [1.165, 1.54) is 12.8 Å². The molecule has 0 spiro atoms. The Kier molecular flexibility index (Phi) is 6.25. The van der Waals surface area contributed by atoms with Crippen molar-refractivity contribution in [3.63, 3.8) is 0 Å². The molecule has 0 aliphatic heterocycles. The van der Waals surface area contributed by atoms with Crippen LogP contribution < -0.4 is 0 Å². The summed E-state index contributed by atoms with van der Waals surface area (Å²) in [4.78, 5) is 0. The monoisotopic (exact) mass is 222 g/mol. The smallest absolute Gasteiger partial charge is 0.0530 e. The summed E-state index contributed by atoms with van der Waals surface area (Å²) in [5.74, 6) is 0. The lowest BCUT2D eigenvalue weighted by Gasteiger charge is -2.28. The largest absolute Gasteiger partial charge is 0.381 e. The van der Waals surface area contributed by atoms with Crippen molar-refractivity contribution in [3.05, 3.63) is 0 Å². The summed E-state index contributed by atoms with van der Waals surface area (Å²) < 4.78 is 5.44. The van der Waals surface area contributed by atoms with E-state index in [9.17, 15) is 0 Å².